The first-order chi connectivity index (χ1) is 18.6. The molecule has 0 aromatic rings. The Morgan fingerprint density at radius 1 is 0.575 bits per heavy atom. The van der Waals surface area contributed by atoms with Crippen LogP contribution in [0.3, 0.4) is 0 Å². The number of hydrogen-bond acceptors (Lipinski definition) is 16. The quantitative estimate of drug-likeness (QED) is 0.259. The van der Waals surface area contributed by atoms with E-state index < -0.39 is 104 Å². The highest BCUT2D eigenvalue weighted by Gasteiger charge is 2.56. The highest BCUT2D eigenvalue weighted by atomic mass is 16.8. The minimum Gasteiger partial charge on any atom is -0.463 e. The van der Waals surface area contributed by atoms with Crippen LogP contribution in [0.15, 0.2) is 0 Å². The molecule has 2 heterocycles. The van der Waals surface area contributed by atoms with E-state index in [1.54, 1.807) is 0 Å². The Morgan fingerprint density at radius 3 is 1.50 bits per heavy atom. The first kappa shape index (κ1) is 32.9. The molecule has 2 saturated heterocycles. The van der Waals surface area contributed by atoms with Gasteiger partial charge in [0.2, 0.25) is 6.29 Å². The Morgan fingerprint density at radius 2 is 1.02 bits per heavy atom. The molecule has 1 N–H and O–H groups in total. The highest BCUT2D eigenvalue weighted by Crippen LogP contribution is 2.34. The molecule has 0 aliphatic carbocycles. The van der Waals surface area contributed by atoms with Gasteiger partial charge < -0.3 is 47.7 Å². The highest BCUT2D eigenvalue weighted by molar-refractivity contribution is 5.69. The van der Waals surface area contributed by atoms with E-state index in [2.05, 4.69) is 0 Å². The summed E-state index contributed by atoms with van der Waals surface area (Å²) in [6, 6.07) is 0. The van der Waals surface area contributed by atoms with Gasteiger partial charge in [-0.25, -0.2) is 0 Å². The monoisotopic (exact) mass is 578 g/mol. The number of rotatable bonds is 9. The summed E-state index contributed by atoms with van der Waals surface area (Å²) in [6.45, 7) is 7.40. The Hall–Kier alpha value is -3.34. The maximum Gasteiger partial charge on any atom is 0.305 e. The maximum absolute atomic E-state index is 12.0. The number of hydrogen-bond donors (Lipinski definition) is 1. The zero-order chi connectivity index (χ0) is 30.3. The Balaban J connectivity index is 2.53. The summed E-state index contributed by atoms with van der Waals surface area (Å²) in [5.41, 5.74) is 0. The standard InChI is InChI=1S/C24H34O16/c1-9-18(34-11(3)26)20(35-12(4)27)22(37-14(6)29)23(33-9)40-19-17(31)16(8-32-10(2)25)39-24(38-15(7)30)21(19)36-13(5)28/h9,16-24,31H,8H2,1-7H3/t9-,16+,17+,18-,19-,20+,21+,22+,23-,24?/m0/s1. The van der Waals surface area contributed by atoms with Gasteiger partial charge in [-0.2, -0.15) is 0 Å². The zero-order valence-corrected chi connectivity index (χ0v) is 23.1. The molecule has 0 aromatic heterocycles. The van der Waals surface area contributed by atoms with Crippen LogP contribution in [0, 0.1) is 0 Å². The number of ether oxygens (including phenoxy) is 9. The van der Waals surface area contributed by atoms with E-state index in [0.717, 1.165) is 41.5 Å². The zero-order valence-electron chi connectivity index (χ0n) is 23.1. The van der Waals surface area contributed by atoms with Gasteiger partial charge in [-0.05, 0) is 6.92 Å². The molecule has 2 aliphatic heterocycles. The lowest BCUT2D eigenvalue weighted by Gasteiger charge is -2.47. The minimum atomic E-state index is -1.70. The summed E-state index contributed by atoms with van der Waals surface area (Å²) in [5.74, 6) is -4.84. The fraction of sp³-hybridized carbons (Fsp3) is 0.750. The van der Waals surface area contributed by atoms with Crippen molar-refractivity contribution in [3.05, 3.63) is 0 Å². The van der Waals surface area contributed by atoms with Crippen LogP contribution in [0.1, 0.15) is 48.5 Å². The van der Waals surface area contributed by atoms with Crippen molar-refractivity contribution >= 4 is 35.8 Å². The lowest BCUT2D eigenvalue weighted by molar-refractivity contribution is -0.354. The van der Waals surface area contributed by atoms with Crippen molar-refractivity contribution in [1.82, 2.24) is 0 Å². The smallest absolute Gasteiger partial charge is 0.305 e. The predicted octanol–water partition coefficient (Wildman–Crippen LogP) is -0.945. The number of aliphatic hydroxyl groups excluding tert-OH is 1. The summed E-state index contributed by atoms with van der Waals surface area (Å²) < 4.78 is 48.6. The van der Waals surface area contributed by atoms with Gasteiger partial charge in [0.1, 0.15) is 24.9 Å². The number of esters is 6. The van der Waals surface area contributed by atoms with Crippen LogP contribution in [0.25, 0.3) is 0 Å². The van der Waals surface area contributed by atoms with E-state index in [1.165, 1.54) is 6.92 Å². The summed E-state index contributed by atoms with van der Waals surface area (Å²) in [4.78, 5) is 70.8. The van der Waals surface area contributed by atoms with E-state index in [9.17, 15) is 33.9 Å². The Labute approximate surface area is 229 Å². The van der Waals surface area contributed by atoms with E-state index in [4.69, 9.17) is 42.6 Å². The predicted molar refractivity (Wildman–Crippen MR) is 124 cm³/mol. The van der Waals surface area contributed by atoms with Crippen molar-refractivity contribution in [2.24, 2.45) is 0 Å². The summed E-state index contributed by atoms with van der Waals surface area (Å²) in [7, 11) is 0. The molecule has 226 valence electrons. The minimum absolute atomic E-state index is 0.513. The van der Waals surface area contributed by atoms with Gasteiger partial charge in [-0.1, -0.05) is 0 Å². The third-order valence-electron chi connectivity index (χ3n) is 5.58. The van der Waals surface area contributed by atoms with Gasteiger partial charge >= 0.3 is 35.8 Å². The molecule has 0 saturated carbocycles. The first-order valence-corrected chi connectivity index (χ1v) is 12.2. The fourth-order valence-corrected chi connectivity index (χ4v) is 4.19. The van der Waals surface area contributed by atoms with Crippen molar-refractivity contribution in [2.45, 2.75) is 110 Å². The average molecular weight is 579 g/mol. The average Bonchev–Trinajstić information content (AvgIpc) is 2.80. The van der Waals surface area contributed by atoms with Crippen LogP contribution in [0.2, 0.25) is 0 Å². The van der Waals surface area contributed by atoms with E-state index >= 15 is 0 Å². The molecule has 0 aromatic carbocycles. The van der Waals surface area contributed by atoms with Crippen molar-refractivity contribution < 1.29 is 76.5 Å². The van der Waals surface area contributed by atoms with Crippen LogP contribution >= 0.6 is 0 Å². The second-order valence-electron chi connectivity index (χ2n) is 9.05. The molecule has 2 fully saturated rings. The van der Waals surface area contributed by atoms with Crippen molar-refractivity contribution in [2.75, 3.05) is 6.61 Å². The van der Waals surface area contributed by atoms with Gasteiger partial charge in [0.05, 0.1) is 6.10 Å². The Kier molecular flexibility index (Phi) is 11.8. The van der Waals surface area contributed by atoms with Crippen LogP contribution in [-0.2, 0) is 71.4 Å². The van der Waals surface area contributed by atoms with E-state index in [1.807, 2.05) is 0 Å². The second kappa shape index (κ2) is 14.3. The summed E-state index contributed by atoms with van der Waals surface area (Å²) in [5, 5.41) is 11.1. The van der Waals surface area contributed by atoms with Crippen LogP contribution < -0.4 is 0 Å². The van der Waals surface area contributed by atoms with Gasteiger partial charge in [-0.3, -0.25) is 28.8 Å². The number of carbonyl (C=O) groups is 6. The van der Waals surface area contributed by atoms with Crippen LogP contribution in [0.5, 0.6) is 0 Å². The van der Waals surface area contributed by atoms with Gasteiger partial charge in [0, 0.05) is 41.5 Å². The normalized spacial score (nSPS) is 33.6. The number of carbonyl (C=O) groups excluding carboxylic acids is 6. The topological polar surface area (TPSA) is 206 Å². The molecule has 10 atom stereocenters. The lowest BCUT2D eigenvalue weighted by atomic mass is 9.96. The summed E-state index contributed by atoms with van der Waals surface area (Å²) in [6.07, 6.45) is -14.8. The summed E-state index contributed by atoms with van der Waals surface area (Å²) >= 11 is 0. The molecule has 40 heavy (non-hydrogen) atoms. The van der Waals surface area contributed by atoms with Crippen molar-refractivity contribution in [3.63, 3.8) is 0 Å². The molecule has 0 amide bonds. The van der Waals surface area contributed by atoms with Gasteiger partial charge in [-0.15, -0.1) is 0 Å². The third-order valence-corrected chi connectivity index (χ3v) is 5.58. The van der Waals surface area contributed by atoms with Gasteiger partial charge in [0.15, 0.2) is 30.7 Å². The van der Waals surface area contributed by atoms with E-state index in [0.29, 0.717) is 0 Å². The fourth-order valence-electron chi connectivity index (χ4n) is 4.19. The first-order valence-electron chi connectivity index (χ1n) is 12.2. The van der Waals surface area contributed by atoms with Crippen LogP contribution in [-0.4, -0.2) is 109 Å². The molecule has 0 bridgehead atoms. The van der Waals surface area contributed by atoms with Gasteiger partial charge in [0.25, 0.3) is 0 Å². The number of aliphatic hydroxyl groups is 1. The molecule has 16 nitrogen and oxygen atoms in total. The molecular formula is C24H34O16. The molecule has 2 aliphatic rings. The Bertz CT molecular complexity index is 965. The van der Waals surface area contributed by atoms with Crippen molar-refractivity contribution in [3.8, 4) is 0 Å². The molecule has 1 unspecified atom stereocenters. The lowest BCUT2D eigenvalue weighted by Crippen LogP contribution is -2.66. The molecule has 0 spiro atoms. The second-order valence-corrected chi connectivity index (χ2v) is 9.05. The largest absolute Gasteiger partial charge is 0.463 e. The molecule has 2 rings (SSSR count). The van der Waals surface area contributed by atoms with Crippen LogP contribution in [0.4, 0.5) is 0 Å². The van der Waals surface area contributed by atoms with Crippen molar-refractivity contribution in [1.29, 1.82) is 0 Å². The maximum atomic E-state index is 12.0. The molecule has 0 radical (unpaired) electrons. The SMILES string of the molecule is CC(=O)OC[C@H]1OC(OC(C)=O)[C@H](OC(C)=O)[C@@H](O[C@@H]2O[C@@H](C)[C@H](OC(C)=O)[C@@H](OC(C)=O)[C@H]2OC(C)=O)[C@@H]1O. The molecule has 16 heteroatoms. The van der Waals surface area contributed by atoms with E-state index in [-0.39, 0.29) is 0 Å². The third kappa shape index (κ3) is 9.11. The molecular weight excluding hydrogens is 544 g/mol.